The van der Waals surface area contributed by atoms with Gasteiger partial charge in [0.2, 0.25) is 5.16 Å². The minimum Gasteiger partial charge on any atom is -0.188 e. The van der Waals surface area contributed by atoms with Crippen LogP contribution in [0.15, 0.2) is 35.5 Å². The maximum Gasteiger partial charge on any atom is 0.214 e. The summed E-state index contributed by atoms with van der Waals surface area (Å²) in [6, 6.07) is 10.00. The van der Waals surface area contributed by atoms with Gasteiger partial charge in [-0.1, -0.05) is 30.0 Å². The van der Waals surface area contributed by atoms with Gasteiger partial charge >= 0.3 is 0 Å². The van der Waals surface area contributed by atoms with Crippen molar-refractivity contribution in [3.05, 3.63) is 30.3 Å². The van der Waals surface area contributed by atoms with Crippen LogP contribution < -0.4 is 0 Å². The molecule has 16 heavy (non-hydrogen) atoms. The van der Waals surface area contributed by atoms with Crippen molar-refractivity contribution in [3.63, 3.8) is 0 Å². The number of tetrazole rings is 1. The topological polar surface area (TPSA) is 43.6 Å². The van der Waals surface area contributed by atoms with Crippen molar-refractivity contribution in [1.29, 1.82) is 0 Å². The van der Waals surface area contributed by atoms with Gasteiger partial charge in [0.1, 0.15) is 0 Å². The summed E-state index contributed by atoms with van der Waals surface area (Å²) in [6.07, 6.45) is 2.72. The second-order valence-corrected chi connectivity index (χ2v) is 4.95. The molecule has 82 valence electrons. The summed E-state index contributed by atoms with van der Waals surface area (Å²) in [7, 11) is 0. The Kier molecular flexibility index (Phi) is 2.61. The molecule has 1 aromatic carbocycles. The second-order valence-electron chi connectivity index (χ2n) is 3.96. The largest absolute Gasteiger partial charge is 0.214 e. The Morgan fingerprint density at radius 1 is 1.25 bits per heavy atom. The predicted molar refractivity (Wildman–Crippen MR) is 62.6 cm³/mol. The first-order valence-electron chi connectivity index (χ1n) is 5.40. The van der Waals surface area contributed by atoms with E-state index in [0.29, 0.717) is 0 Å². The summed E-state index contributed by atoms with van der Waals surface area (Å²) in [5.74, 6) is 2.01. The Labute approximate surface area is 98.0 Å². The number of hydrogen-bond donors (Lipinski definition) is 0. The number of rotatable bonds is 4. The van der Waals surface area contributed by atoms with E-state index in [-0.39, 0.29) is 0 Å². The molecular weight excluding hydrogens is 220 g/mol. The van der Waals surface area contributed by atoms with Crippen LogP contribution in [-0.2, 0) is 0 Å². The van der Waals surface area contributed by atoms with Gasteiger partial charge in [0, 0.05) is 5.75 Å². The molecule has 1 aliphatic carbocycles. The highest BCUT2D eigenvalue weighted by Gasteiger charge is 2.22. The van der Waals surface area contributed by atoms with E-state index in [2.05, 4.69) is 15.5 Å². The van der Waals surface area contributed by atoms with Crippen molar-refractivity contribution in [2.24, 2.45) is 5.92 Å². The van der Waals surface area contributed by atoms with Gasteiger partial charge in [0.05, 0.1) is 5.69 Å². The molecule has 1 aromatic heterocycles. The fourth-order valence-corrected chi connectivity index (χ4v) is 2.55. The van der Waals surface area contributed by atoms with Gasteiger partial charge in [0.15, 0.2) is 0 Å². The van der Waals surface area contributed by atoms with E-state index in [1.54, 1.807) is 16.4 Å². The number of aromatic nitrogens is 4. The summed E-state index contributed by atoms with van der Waals surface area (Å²) in [5.41, 5.74) is 1.02. The van der Waals surface area contributed by atoms with Crippen molar-refractivity contribution in [2.75, 3.05) is 5.75 Å². The van der Waals surface area contributed by atoms with Crippen LogP contribution in [0.1, 0.15) is 12.8 Å². The van der Waals surface area contributed by atoms with Gasteiger partial charge in [-0.2, -0.15) is 4.68 Å². The van der Waals surface area contributed by atoms with Crippen LogP contribution in [0.4, 0.5) is 0 Å². The van der Waals surface area contributed by atoms with E-state index in [1.165, 1.54) is 12.8 Å². The summed E-state index contributed by atoms with van der Waals surface area (Å²) in [4.78, 5) is 0. The highest BCUT2D eigenvalue weighted by atomic mass is 32.2. The lowest BCUT2D eigenvalue weighted by Gasteiger charge is -2.02. The zero-order chi connectivity index (χ0) is 10.8. The number of para-hydroxylation sites is 1. The smallest absolute Gasteiger partial charge is 0.188 e. The van der Waals surface area contributed by atoms with Crippen LogP contribution in [0.3, 0.4) is 0 Å². The van der Waals surface area contributed by atoms with E-state index in [9.17, 15) is 0 Å². The van der Waals surface area contributed by atoms with Gasteiger partial charge in [-0.05, 0) is 41.3 Å². The van der Waals surface area contributed by atoms with Crippen molar-refractivity contribution in [2.45, 2.75) is 18.0 Å². The van der Waals surface area contributed by atoms with E-state index in [4.69, 9.17) is 0 Å². The molecule has 4 nitrogen and oxygen atoms in total. The van der Waals surface area contributed by atoms with Gasteiger partial charge in [-0.15, -0.1) is 5.10 Å². The average molecular weight is 232 g/mol. The van der Waals surface area contributed by atoms with Gasteiger partial charge in [-0.25, -0.2) is 0 Å². The molecule has 1 fully saturated rings. The molecule has 1 heterocycles. The predicted octanol–water partition coefficient (Wildman–Crippen LogP) is 2.16. The SMILES string of the molecule is c1ccc(-n2nnnc2SCC2CC2)cc1. The molecule has 0 radical (unpaired) electrons. The fourth-order valence-electron chi connectivity index (χ4n) is 1.48. The summed E-state index contributed by atoms with van der Waals surface area (Å²) >= 11 is 1.75. The van der Waals surface area contributed by atoms with Gasteiger partial charge < -0.3 is 0 Å². The molecule has 0 saturated heterocycles. The maximum atomic E-state index is 4.06. The van der Waals surface area contributed by atoms with Crippen molar-refractivity contribution in [3.8, 4) is 5.69 Å². The lowest BCUT2D eigenvalue weighted by Crippen LogP contribution is -1.99. The third-order valence-electron chi connectivity index (χ3n) is 2.59. The van der Waals surface area contributed by atoms with Crippen LogP contribution in [-0.4, -0.2) is 26.0 Å². The Hall–Kier alpha value is -1.36. The number of nitrogens with zero attached hydrogens (tertiary/aromatic N) is 4. The molecule has 0 atom stereocenters. The summed E-state index contributed by atoms with van der Waals surface area (Å²) < 4.78 is 1.80. The minimum absolute atomic E-state index is 0.880. The minimum atomic E-state index is 0.880. The first kappa shape index (κ1) is 9.84. The highest BCUT2D eigenvalue weighted by molar-refractivity contribution is 7.99. The van der Waals surface area contributed by atoms with Crippen LogP contribution in [0.2, 0.25) is 0 Å². The molecule has 0 bridgehead atoms. The average Bonchev–Trinajstić information content (AvgIpc) is 3.05. The standard InChI is InChI=1S/C11H12N4S/c1-2-4-10(5-3-1)15-11(12-13-14-15)16-8-9-6-7-9/h1-5,9H,6-8H2. The van der Waals surface area contributed by atoms with E-state index in [1.807, 2.05) is 30.3 Å². The Balaban J connectivity index is 1.81. The number of benzene rings is 1. The van der Waals surface area contributed by atoms with Crippen molar-refractivity contribution in [1.82, 2.24) is 20.2 Å². The highest BCUT2D eigenvalue weighted by Crippen LogP contribution is 2.34. The zero-order valence-corrected chi connectivity index (χ0v) is 9.60. The zero-order valence-electron chi connectivity index (χ0n) is 8.78. The lowest BCUT2D eigenvalue weighted by atomic mass is 10.3. The molecule has 0 spiro atoms. The van der Waals surface area contributed by atoms with E-state index in [0.717, 1.165) is 22.5 Å². The summed E-state index contributed by atoms with van der Waals surface area (Å²) in [5, 5.41) is 12.7. The molecule has 0 unspecified atom stereocenters. The van der Waals surface area contributed by atoms with Crippen LogP contribution in [0, 0.1) is 5.92 Å². The number of thioether (sulfide) groups is 1. The van der Waals surface area contributed by atoms with Crippen molar-refractivity contribution >= 4 is 11.8 Å². The Morgan fingerprint density at radius 3 is 2.81 bits per heavy atom. The van der Waals surface area contributed by atoms with Gasteiger partial charge in [-0.3, -0.25) is 0 Å². The maximum absolute atomic E-state index is 4.06. The molecular formula is C11H12N4S. The third kappa shape index (κ3) is 2.09. The lowest BCUT2D eigenvalue weighted by molar-refractivity contribution is 0.755. The Morgan fingerprint density at radius 2 is 2.06 bits per heavy atom. The Bertz CT molecular complexity index is 464. The van der Waals surface area contributed by atoms with Crippen LogP contribution >= 0.6 is 11.8 Å². The monoisotopic (exact) mass is 232 g/mol. The van der Waals surface area contributed by atoms with Crippen LogP contribution in [0.25, 0.3) is 5.69 Å². The van der Waals surface area contributed by atoms with E-state index >= 15 is 0 Å². The van der Waals surface area contributed by atoms with Crippen LogP contribution in [0.5, 0.6) is 0 Å². The third-order valence-corrected chi connectivity index (χ3v) is 3.74. The molecule has 5 heteroatoms. The first-order chi connectivity index (χ1) is 7.93. The molecule has 0 amide bonds. The summed E-state index contributed by atoms with van der Waals surface area (Å²) in [6.45, 7) is 0. The van der Waals surface area contributed by atoms with Crippen molar-refractivity contribution < 1.29 is 0 Å². The normalized spacial score (nSPS) is 15.2. The number of hydrogen-bond acceptors (Lipinski definition) is 4. The second kappa shape index (κ2) is 4.25. The quantitative estimate of drug-likeness (QED) is 0.758. The molecule has 2 aromatic rings. The van der Waals surface area contributed by atoms with E-state index < -0.39 is 0 Å². The molecule has 1 saturated carbocycles. The van der Waals surface area contributed by atoms with Gasteiger partial charge in [0.25, 0.3) is 0 Å². The first-order valence-corrected chi connectivity index (χ1v) is 6.38. The molecule has 0 aliphatic heterocycles. The molecule has 0 N–H and O–H groups in total. The molecule has 1 aliphatic rings. The fraction of sp³-hybridized carbons (Fsp3) is 0.364. The molecule has 3 rings (SSSR count).